The van der Waals surface area contributed by atoms with Gasteiger partial charge in [0.2, 0.25) is 11.7 Å². The average Bonchev–Trinajstić information content (AvgIpc) is 3.56. The van der Waals surface area contributed by atoms with Crippen LogP contribution in [0, 0.1) is 6.92 Å². The number of aryl methyl sites for hydroxylation is 1. The Bertz CT molecular complexity index is 2170. The van der Waals surface area contributed by atoms with Crippen LogP contribution < -0.4 is 15.8 Å². The number of hydrogen-bond donors (Lipinski definition) is 2. The Balaban J connectivity index is 1.23. The molecule has 2 fully saturated rings. The first kappa shape index (κ1) is 35.4. The smallest absolute Gasteiger partial charge is 0.416 e. The molecule has 7 rings (SSSR count). The number of nitrogens with zero attached hydrogens (tertiary/aromatic N) is 8. The number of carbonyl (C=O) groups is 2. The summed E-state index contributed by atoms with van der Waals surface area (Å²) >= 11 is 6.14. The molecule has 4 aromatic rings. The number of anilines is 2. The van der Waals surface area contributed by atoms with Crippen molar-refractivity contribution in [1.82, 2.24) is 34.0 Å². The number of ether oxygens (including phenoxy) is 1. The van der Waals surface area contributed by atoms with E-state index in [9.17, 15) is 32.7 Å². The van der Waals surface area contributed by atoms with Gasteiger partial charge in [0.05, 0.1) is 39.9 Å². The molecule has 52 heavy (non-hydrogen) atoms. The lowest BCUT2D eigenvalue weighted by Crippen LogP contribution is -2.51. The van der Waals surface area contributed by atoms with Crippen molar-refractivity contribution in [2.45, 2.75) is 64.3 Å². The van der Waals surface area contributed by atoms with Gasteiger partial charge in [-0.15, -0.1) is 5.10 Å². The van der Waals surface area contributed by atoms with E-state index in [2.05, 4.69) is 20.4 Å². The molecule has 2 saturated heterocycles. The van der Waals surface area contributed by atoms with Crippen molar-refractivity contribution >= 4 is 46.1 Å². The molecule has 2 aliphatic heterocycles. The molecule has 3 aromatic heterocycles. The molecule has 1 aliphatic carbocycles. The Kier molecular flexibility index (Phi) is 9.19. The van der Waals surface area contributed by atoms with Gasteiger partial charge >= 0.3 is 6.18 Å². The number of hydrogen-bond acceptors (Lipinski definition) is 10. The van der Waals surface area contributed by atoms with E-state index in [1.807, 2.05) is 17.9 Å². The summed E-state index contributed by atoms with van der Waals surface area (Å²) in [6.07, 6.45) is 2.02. The van der Waals surface area contributed by atoms with Crippen LogP contribution in [0.3, 0.4) is 0 Å². The van der Waals surface area contributed by atoms with Crippen molar-refractivity contribution in [2.24, 2.45) is 0 Å². The molecular weight excluding hydrogens is 707 g/mol. The van der Waals surface area contributed by atoms with Crippen LogP contribution >= 0.6 is 11.6 Å². The summed E-state index contributed by atoms with van der Waals surface area (Å²) in [6, 6.07) is 2.65. The number of benzene rings is 1. The summed E-state index contributed by atoms with van der Waals surface area (Å²) < 4.78 is 48.3. The first-order chi connectivity index (χ1) is 24.8. The standard InChI is InChI=1S/C34H35ClF3N9O5/c1-3-24-27(44-11-13-45(14-12-44)30(50)26-28(49)19(2)39-18-40-26)31(51)47-32(42-29(43-47)20-6-8-33(9-7-20)10-15-52-33)46(24)17-25(48)41-23-5-4-21(16-22(23)35)34(36,37)38/h4-6,16,18,49H,3,7-15,17H2,1-2H3,(H,41,48). The summed E-state index contributed by atoms with van der Waals surface area (Å²) in [5.41, 5.74) is 0.189. The summed E-state index contributed by atoms with van der Waals surface area (Å²) in [5.74, 6) is -0.910. The molecule has 1 atom stereocenters. The van der Waals surface area contributed by atoms with Crippen LogP contribution in [-0.2, 0) is 28.7 Å². The zero-order chi connectivity index (χ0) is 36.9. The van der Waals surface area contributed by atoms with E-state index in [0.717, 1.165) is 43.2 Å². The third-order valence-corrected chi connectivity index (χ3v) is 10.3. The maximum atomic E-state index is 14.3. The van der Waals surface area contributed by atoms with Gasteiger partial charge in [0, 0.05) is 32.6 Å². The maximum absolute atomic E-state index is 14.3. The molecule has 1 unspecified atom stereocenters. The first-order valence-corrected chi connectivity index (χ1v) is 17.2. The van der Waals surface area contributed by atoms with E-state index in [0.29, 0.717) is 30.8 Å². The van der Waals surface area contributed by atoms with Crippen LogP contribution in [0.25, 0.3) is 11.4 Å². The lowest BCUT2D eigenvalue weighted by molar-refractivity contribution is -0.149. The van der Waals surface area contributed by atoms with Gasteiger partial charge in [0.1, 0.15) is 18.6 Å². The normalized spacial score (nSPS) is 19.2. The molecule has 0 bridgehead atoms. The Hall–Kier alpha value is -5.03. The van der Waals surface area contributed by atoms with E-state index in [-0.39, 0.29) is 77.6 Å². The number of carbonyl (C=O) groups excluding carboxylic acids is 2. The van der Waals surface area contributed by atoms with Crippen molar-refractivity contribution in [3.05, 3.63) is 74.4 Å². The fourth-order valence-electron chi connectivity index (χ4n) is 6.93. The molecule has 18 heteroatoms. The van der Waals surface area contributed by atoms with Gasteiger partial charge in [-0.05, 0) is 56.4 Å². The Labute approximate surface area is 299 Å². The number of nitrogens with one attached hydrogen (secondary N) is 1. The molecular formula is C34H35ClF3N9O5. The first-order valence-electron chi connectivity index (χ1n) is 16.9. The minimum Gasteiger partial charge on any atom is -0.504 e. The van der Waals surface area contributed by atoms with Crippen LogP contribution in [-0.4, -0.2) is 89.3 Å². The quantitative estimate of drug-likeness (QED) is 0.280. The highest BCUT2D eigenvalue weighted by atomic mass is 35.5. The number of alkyl halides is 3. The van der Waals surface area contributed by atoms with Crippen LogP contribution in [0.1, 0.15) is 65.9 Å². The molecule has 1 aromatic carbocycles. The summed E-state index contributed by atoms with van der Waals surface area (Å²) in [4.78, 5) is 57.1. The van der Waals surface area contributed by atoms with Crippen LogP contribution in [0.4, 0.5) is 24.5 Å². The lowest BCUT2D eigenvalue weighted by Gasteiger charge is -2.43. The van der Waals surface area contributed by atoms with E-state index in [1.165, 1.54) is 15.7 Å². The number of fused-ring (bicyclic) bond motifs is 1. The number of rotatable bonds is 7. The van der Waals surface area contributed by atoms with Crippen LogP contribution in [0.5, 0.6) is 5.75 Å². The van der Waals surface area contributed by atoms with Gasteiger partial charge in [-0.2, -0.15) is 22.7 Å². The predicted octanol–water partition coefficient (Wildman–Crippen LogP) is 4.26. The third kappa shape index (κ3) is 6.46. The fraction of sp³-hybridized carbons (Fsp3) is 0.441. The van der Waals surface area contributed by atoms with Crippen molar-refractivity contribution in [2.75, 3.05) is 43.0 Å². The largest absolute Gasteiger partial charge is 0.504 e. The van der Waals surface area contributed by atoms with E-state index >= 15 is 0 Å². The molecule has 0 radical (unpaired) electrons. The highest BCUT2D eigenvalue weighted by Gasteiger charge is 2.40. The van der Waals surface area contributed by atoms with Crippen molar-refractivity contribution in [3.63, 3.8) is 0 Å². The summed E-state index contributed by atoms with van der Waals surface area (Å²) in [6.45, 7) is 4.65. The van der Waals surface area contributed by atoms with Crippen LogP contribution in [0.15, 0.2) is 35.4 Å². The number of halogens is 4. The van der Waals surface area contributed by atoms with Gasteiger partial charge in [-0.1, -0.05) is 24.6 Å². The Morgan fingerprint density at radius 3 is 2.50 bits per heavy atom. The monoisotopic (exact) mass is 741 g/mol. The zero-order valence-corrected chi connectivity index (χ0v) is 29.1. The summed E-state index contributed by atoms with van der Waals surface area (Å²) in [7, 11) is 0. The topological polar surface area (TPSA) is 160 Å². The molecule has 14 nitrogen and oxygen atoms in total. The van der Waals surface area contributed by atoms with E-state index in [4.69, 9.17) is 21.3 Å². The highest BCUT2D eigenvalue weighted by molar-refractivity contribution is 6.33. The van der Waals surface area contributed by atoms with Gasteiger partial charge in [0.15, 0.2) is 17.3 Å². The molecule has 3 aliphatic rings. The minimum atomic E-state index is -4.61. The van der Waals surface area contributed by atoms with Crippen molar-refractivity contribution in [3.8, 4) is 5.75 Å². The zero-order valence-electron chi connectivity index (χ0n) is 28.3. The second-order valence-corrected chi connectivity index (χ2v) is 13.5. The second kappa shape index (κ2) is 13.5. The SMILES string of the molecule is CCc1c(N2CCN(C(=O)c3ncnc(C)c3O)CC2)c(=O)n2nc(C3=CCC4(CCO4)CC3)nc2n1CC(=O)Nc1ccc(C(F)(F)F)cc1Cl. The van der Waals surface area contributed by atoms with Gasteiger partial charge < -0.3 is 29.5 Å². The van der Waals surface area contributed by atoms with Gasteiger partial charge in [-0.25, -0.2) is 9.97 Å². The highest BCUT2D eigenvalue weighted by Crippen LogP contribution is 2.41. The third-order valence-electron chi connectivity index (χ3n) is 9.95. The van der Waals surface area contributed by atoms with E-state index in [1.54, 1.807) is 11.5 Å². The molecule has 2 N–H and O–H groups in total. The molecule has 274 valence electrons. The number of aromatic nitrogens is 6. The molecule has 2 amide bonds. The van der Waals surface area contributed by atoms with Gasteiger partial charge in [0.25, 0.3) is 11.5 Å². The minimum absolute atomic E-state index is 0.0117. The number of amides is 2. The Morgan fingerprint density at radius 2 is 1.88 bits per heavy atom. The molecule has 5 heterocycles. The number of aromatic hydroxyl groups is 1. The Morgan fingerprint density at radius 1 is 1.13 bits per heavy atom. The molecule has 0 saturated carbocycles. The number of allylic oxidation sites excluding steroid dienone is 1. The predicted molar refractivity (Wildman–Crippen MR) is 183 cm³/mol. The number of piperazine rings is 1. The van der Waals surface area contributed by atoms with Crippen molar-refractivity contribution < 1.29 is 32.6 Å². The van der Waals surface area contributed by atoms with Crippen molar-refractivity contribution in [1.29, 1.82) is 0 Å². The second-order valence-electron chi connectivity index (χ2n) is 13.1. The molecule has 1 spiro atoms. The van der Waals surface area contributed by atoms with E-state index < -0.39 is 29.1 Å². The average molecular weight is 742 g/mol. The maximum Gasteiger partial charge on any atom is 0.416 e. The van der Waals surface area contributed by atoms with Gasteiger partial charge in [-0.3, -0.25) is 14.4 Å². The summed E-state index contributed by atoms with van der Waals surface area (Å²) in [5, 5.41) is 17.3. The lowest BCUT2D eigenvalue weighted by atomic mass is 9.80. The fourth-order valence-corrected chi connectivity index (χ4v) is 7.15. The van der Waals surface area contributed by atoms with Crippen LogP contribution in [0.2, 0.25) is 5.02 Å².